The van der Waals surface area contributed by atoms with Gasteiger partial charge in [-0.2, -0.15) is 9.61 Å². The number of nitrogens with one attached hydrogen (secondary N) is 1. The Morgan fingerprint density at radius 2 is 1.75 bits per heavy atom. The molecule has 0 aliphatic carbocycles. The second-order valence-corrected chi connectivity index (χ2v) is 7.64. The smallest absolute Gasteiger partial charge is 0.165 e. The van der Waals surface area contributed by atoms with Crippen LogP contribution in [-0.2, 0) is 5.41 Å². The van der Waals surface area contributed by atoms with Gasteiger partial charge in [-0.3, -0.25) is 0 Å². The van der Waals surface area contributed by atoms with E-state index in [0.29, 0.717) is 6.04 Å². The van der Waals surface area contributed by atoms with Crippen molar-refractivity contribution in [2.24, 2.45) is 0 Å². The molecule has 0 saturated heterocycles. The third-order valence-electron chi connectivity index (χ3n) is 4.03. The van der Waals surface area contributed by atoms with Gasteiger partial charge in [0.2, 0.25) is 0 Å². The summed E-state index contributed by atoms with van der Waals surface area (Å²) < 4.78 is 1.94. The first-order valence-corrected chi connectivity index (χ1v) is 8.50. The average Bonchev–Trinajstić information content (AvgIpc) is 2.83. The van der Waals surface area contributed by atoms with E-state index in [2.05, 4.69) is 70.3 Å². The number of hydrogen-bond donors (Lipinski definition) is 1. The molecule has 2 heterocycles. The lowest BCUT2D eigenvalue weighted by atomic mass is 9.92. The predicted octanol–water partition coefficient (Wildman–Crippen LogP) is 4.82. The van der Waals surface area contributed by atoms with Crippen LogP contribution >= 0.6 is 0 Å². The number of aromatic nitrogens is 3. The highest BCUT2D eigenvalue weighted by Gasteiger charge is 2.22. The molecule has 0 atom stereocenters. The topological polar surface area (TPSA) is 42.2 Å². The summed E-state index contributed by atoms with van der Waals surface area (Å²) in [5.41, 5.74) is 5.20. The van der Waals surface area contributed by atoms with Gasteiger partial charge in [-0.05, 0) is 26.3 Å². The number of anilines is 1. The summed E-state index contributed by atoms with van der Waals surface area (Å²) in [6.45, 7) is 12.9. The second-order valence-electron chi connectivity index (χ2n) is 7.64. The highest BCUT2D eigenvalue weighted by atomic mass is 15.3. The number of hydrogen-bond acceptors (Lipinski definition) is 3. The number of nitrogens with zero attached hydrogens (tertiary/aromatic N) is 3. The Morgan fingerprint density at radius 3 is 2.33 bits per heavy atom. The molecule has 3 rings (SSSR count). The van der Waals surface area contributed by atoms with E-state index in [4.69, 9.17) is 10.1 Å². The predicted molar refractivity (Wildman–Crippen MR) is 101 cm³/mol. The zero-order valence-corrected chi connectivity index (χ0v) is 15.4. The van der Waals surface area contributed by atoms with Gasteiger partial charge in [0.25, 0.3) is 0 Å². The molecule has 126 valence electrons. The lowest BCUT2D eigenvalue weighted by Gasteiger charge is -2.20. The van der Waals surface area contributed by atoms with Crippen molar-refractivity contribution in [3.63, 3.8) is 0 Å². The van der Waals surface area contributed by atoms with Crippen molar-refractivity contribution in [3.8, 4) is 11.1 Å². The Labute approximate surface area is 143 Å². The average molecular weight is 322 g/mol. The molecule has 0 saturated carbocycles. The number of rotatable bonds is 3. The van der Waals surface area contributed by atoms with Gasteiger partial charge < -0.3 is 5.32 Å². The fourth-order valence-electron chi connectivity index (χ4n) is 2.85. The number of benzene rings is 1. The summed E-state index contributed by atoms with van der Waals surface area (Å²) in [6, 6.07) is 12.8. The van der Waals surface area contributed by atoms with E-state index in [-0.39, 0.29) is 5.41 Å². The van der Waals surface area contributed by atoms with Crippen LogP contribution in [0, 0.1) is 6.92 Å². The molecule has 0 bridgehead atoms. The molecule has 0 aliphatic heterocycles. The largest absolute Gasteiger partial charge is 0.368 e. The third-order valence-corrected chi connectivity index (χ3v) is 4.03. The van der Waals surface area contributed by atoms with Crippen molar-refractivity contribution in [2.75, 3.05) is 5.32 Å². The minimum Gasteiger partial charge on any atom is -0.368 e. The quantitative estimate of drug-likeness (QED) is 0.751. The minimum atomic E-state index is -0.0265. The molecule has 0 radical (unpaired) electrons. The van der Waals surface area contributed by atoms with Crippen LogP contribution in [0.1, 0.15) is 46.0 Å². The van der Waals surface area contributed by atoms with Crippen LogP contribution in [0.2, 0.25) is 0 Å². The summed E-state index contributed by atoms with van der Waals surface area (Å²) in [5, 5.41) is 8.27. The highest BCUT2D eigenvalue weighted by molar-refractivity contribution is 5.81. The van der Waals surface area contributed by atoms with Crippen LogP contribution in [0.25, 0.3) is 16.8 Å². The molecule has 0 amide bonds. The van der Waals surface area contributed by atoms with Gasteiger partial charge in [-0.1, -0.05) is 51.1 Å². The van der Waals surface area contributed by atoms with Crippen molar-refractivity contribution >= 4 is 11.5 Å². The van der Waals surface area contributed by atoms with Gasteiger partial charge in [0, 0.05) is 23.1 Å². The van der Waals surface area contributed by atoms with Crippen LogP contribution in [0.4, 0.5) is 5.82 Å². The summed E-state index contributed by atoms with van der Waals surface area (Å²) in [6.07, 6.45) is 0. The number of fused-ring (bicyclic) bond motifs is 1. The lowest BCUT2D eigenvalue weighted by molar-refractivity contribution is 0.568. The fourth-order valence-corrected chi connectivity index (χ4v) is 2.85. The Morgan fingerprint density at radius 1 is 1.08 bits per heavy atom. The molecular formula is C20H26N4. The van der Waals surface area contributed by atoms with Crippen molar-refractivity contribution in [3.05, 3.63) is 47.8 Å². The Bertz CT molecular complexity index is 855. The summed E-state index contributed by atoms with van der Waals surface area (Å²) in [4.78, 5) is 4.97. The minimum absolute atomic E-state index is 0.0265. The fraction of sp³-hybridized carbons (Fsp3) is 0.400. The molecule has 0 fully saturated rings. The lowest BCUT2D eigenvalue weighted by Crippen LogP contribution is -2.19. The van der Waals surface area contributed by atoms with Crippen molar-refractivity contribution in [1.29, 1.82) is 0 Å². The molecule has 0 spiro atoms. The molecule has 24 heavy (non-hydrogen) atoms. The standard InChI is InChI=1S/C20H26N4/c1-13(2)21-17-12-16(20(4,5)6)22-19-18(14(3)23-24(17)19)15-10-8-7-9-11-15/h7-13,21H,1-6H3. The van der Waals surface area contributed by atoms with E-state index < -0.39 is 0 Å². The molecule has 1 N–H and O–H groups in total. The van der Waals surface area contributed by atoms with E-state index in [1.54, 1.807) is 0 Å². The molecule has 4 nitrogen and oxygen atoms in total. The van der Waals surface area contributed by atoms with E-state index in [1.807, 2.05) is 17.5 Å². The monoisotopic (exact) mass is 322 g/mol. The zero-order chi connectivity index (χ0) is 17.5. The van der Waals surface area contributed by atoms with Gasteiger partial charge in [0.15, 0.2) is 5.65 Å². The summed E-state index contributed by atoms with van der Waals surface area (Å²) in [7, 11) is 0. The molecule has 4 heteroatoms. The maximum atomic E-state index is 4.97. The van der Waals surface area contributed by atoms with Gasteiger partial charge in [0.05, 0.1) is 11.4 Å². The van der Waals surface area contributed by atoms with Crippen LogP contribution in [-0.4, -0.2) is 20.6 Å². The number of aryl methyl sites for hydroxylation is 1. The van der Waals surface area contributed by atoms with Crippen molar-refractivity contribution < 1.29 is 0 Å². The van der Waals surface area contributed by atoms with Crippen molar-refractivity contribution in [1.82, 2.24) is 14.6 Å². The first kappa shape index (κ1) is 16.5. The first-order chi connectivity index (χ1) is 11.3. The van der Waals surface area contributed by atoms with E-state index in [1.165, 1.54) is 0 Å². The molecule has 0 aliphatic rings. The van der Waals surface area contributed by atoms with E-state index >= 15 is 0 Å². The normalized spacial score (nSPS) is 12.1. The summed E-state index contributed by atoms with van der Waals surface area (Å²) >= 11 is 0. The van der Waals surface area contributed by atoms with Crippen LogP contribution in [0.15, 0.2) is 36.4 Å². The zero-order valence-electron chi connectivity index (χ0n) is 15.4. The SMILES string of the molecule is Cc1nn2c(NC(C)C)cc(C(C)(C)C)nc2c1-c1ccccc1. The van der Waals surface area contributed by atoms with E-state index in [0.717, 1.165) is 34.0 Å². The third kappa shape index (κ3) is 3.01. The molecule has 1 aromatic carbocycles. The molecule has 0 unspecified atom stereocenters. The van der Waals surface area contributed by atoms with Crippen LogP contribution in [0.5, 0.6) is 0 Å². The Balaban J connectivity index is 2.33. The molecule has 2 aromatic heterocycles. The van der Waals surface area contributed by atoms with Crippen molar-refractivity contribution in [2.45, 2.75) is 53.0 Å². The molecule has 3 aromatic rings. The first-order valence-electron chi connectivity index (χ1n) is 8.50. The van der Waals surface area contributed by atoms with Gasteiger partial charge in [0.1, 0.15) is 5.82 Å². The van der Waals surface area contributed by atoms with E-state index in [9.17, 15) is 0 Å². The maximum absolute atomic E-state index is 4.97. The van der Waals surface area contributed by atoms with Gasteiger partial charge in [-0.15, -0.1) is 0 Å². The van der Waals surface area contributed by atoms with Crippen LogP contribution in [0.3, 0.4) is 0 Å². The maximum Gasteiger partial charge on any atom is 0.165 e. The Hall–Kier alpha value is -2.36. The second kappa shape index (κ2) is 5.93. The van der Waals surface area contributed by atoms with Crippen LogP contribution < -0.4 is 5.32 Å². The highest BCUT2D eigenvalue weighted by Crippen LogP contribution is 2.31. The van der Waals surface area contributed by atoms with Gasteiger partial charge in [-0.25, -0.2) is 4.98 Å². The van der Waals surface area contributed by atoms with Gasteiger partial charge >= 0.3 is 0 Å². The summed E-state index contributed by atoms with van der Waals surface area (Å²) in [5.74, 6) is 0.991. The Kier molecular flexibility index (Phi) is 4.08. The molecular weight excluding hydrogens is 296 g/mol.